The number of aromatic nitrogens is 2. The molecule has 1 amide bonds. The Balaban J connectivity index is 1.65. The van der Waals surface area contributed by atoms with Crippen LogP contribution in [0.5, 0.6) is 0 Å². The standard InChI is InChI=1S/C15H17N3O3/c19-14(17-12-5-3-4-11(12)15(20)21)8-10-9-18-7-2-1-6-13(18)16-10/h1-2,6-7,9,11-12H,3-5,8H2,(H,17,19)(H,20,21)/t11-,12+/m1/s1. The number of nitrogens with one attached hydrogen (secondary N) is 1. The number of hydrogen-bond acceptors (Lipinski definition) is 3. The maximum absolute atomic E-state index is 12.1. The Bertz CT molecular complexity index is 647. The monoisotopic (exact) mass is 287 g/mol. The first-order valence-electron chi connectivity index (χ1n) is 7.08. The number of imidazole rings is 1. The van der Waals surface area contributed by atoms with Crippen LogP contribution in [-0.2, 0) is 16.0 Å². The lowest BCUT2D eigenvalue weighted by Crippen LogP contribution is -2.40. The van der Waals surface area contributed by atoms with E-state index in [0.717, 1.165) is 18.5 Å². The lowest BCUT2D eigenvalue weighted by Gasteiger charge is -2.17. The normalized spacial score (nSPS) is 21.5. The van der Waals surface area contributed by atoms with Gasteiger partial charge in [-0.2, -0.15) is 0 Å². The second-order valence-electron chi connectivity index (χ2n) is 5.42. The van der Waals surface area contributed by atoms with E-state index in [1.807, 2.05) is 35.0 Å². The second-order valence-corrected chi connectivity index (χ2v) is 5.42. The molecule has 6 heteroatoms. The SMILES string of the molecule is O=C(Cc1cn2ccccc2n1)N[C@H]1CCC[C@H]1C(=O)O. The van der Waals surface area contributed by atoms with Gasteiger partial charge in [0.25, 0.3) is 0 Å². The molecule has 0 spiro atoms. The van der Waals surface area contributed by atoms with Crippen LogP contribution in [0.3, 0.4) is 0 Å². The predicted octanol–water partition coefficient (Wildman–Crippen LogP) is 1.25. The number of carboxylic acid groups (broad SMARTS) is 1. The van der Waals surface area contributed by atoms with Crippen LogP contribution < -0.4 is 5.32 Å². The maximum Gasteiger partial charge on any atom is 0.308 e. The third kappa shape index (κ3) is 2.89. The van der Waals surface area contributed by atoms with Crippen LogP contribution in [0, 0.1) is 5.92 Å². The minimum absolute atomic E-state index is 0.170. The van der Waals surface area contributed by atoms with Crippen LogP contribution >= 0.6 is 0 Å². The van der Waals surface area contributed by atoms with Crippen LogP contribution in [0.1, 0.15) is 25.0 Å². The van der Waals surface area contributed by atoms with Crippen molar-refractivity contribution in [1.29, 1.82) is 0 Å². The average Bonchev–Trinajstić information content (AvgIpc) is 3.03. The summed E-state index contributed by atoms with van der Waals surface area (Å²) in [5, 5.41) is 11.9. The predicted molar refractivity (Wildman–Crippen MR) is 75.8 cm³/mol. The summed E-state index contributed by atoms with van der Waals surface area (Å²) in [6.07, 6.45) is 6.07. The first kappa shape index (κ1) is 13.6. The molecule has 21 heavy (non-hydrogen) atoms. The number of rotatable bonds is 4. The Kier molecular flexibility index (Phi) is 3.60. The molecule has 1 aliphatic rings. The Labute approximate surface area is 121 Å². The number of carbonyl (C=O) groups is 2. The summed E-state index contributed by atoms with van der Waals surface area (Å²) < 4.78 is 1.86. The number of carbonyl (C=O) groups excluding carboxylic acids is 1. The van der Waals surface area contributed by atoms with Gasteiger partial charge in [0.05, 0.1) is 18.0 Å². The maximum atomic E-state index is 12.1. The lowest BCUT2D eigenvalue weighted by atomic mass is 10.0. The van der Waals surface area contributed by atoms with Crippen molar-refractivity contribution in [2.24, 2.45) is 5.92 Å². The summed E-state index contributed by atoms with van der Waals surface area (Å²) in [4.78, 5) is 27.5. The van der Waals surface area contributed by atoms with Crippen LogP contribution in [0.25, 0.3) is 5.65 Å². The molecular weight excluding hydrogens is 270 g/mol. The molecule has 3 rings (SSSR count). The highest BCUT2D eigenvalue weighted by atomic mass is 16.4. The van der Waals surface area contributed by atoms with Gasteiger partial charge in [-0.05, 0) is 25.0 Å². The summed E-state index contributed by atoms with van der Waals surface area (Å²) >= 11 is 0. The molecular formula is C15H17N3O3. The van der Waals surface area contributed by atoms with E-state index >= 15 is 0 Å². The summed E-state index contributed by atoms with van der Waals surface area (Å²) in [5.74, 6) is -1.46. The molecule has 1 saturated carbocycles. The third-order valence-corrected chi connectivity index (χ3v) is 3.94. The Morgan fingerprint density at radius 1 is 1.38 bits per heavy atom. The number of fused-ring (bicyclic) bond motifs is 1. The largest absolute Gasteiger partial charge is 0.481 e. The van der Waals surface area contributed by atoms with Crippen molar-refractivity contribution >= 4 is 17.5 Å². The van der Waals surface area contributed by atoms with Gasteiger partial charge in [-0.3, -0.25) is 9.59 Å². The highest BCUT2D eigenvalue weighted by molar-refractivity contribution is 5.80. The number of carboxylic acids is 1. The van der Waals surface area contributed by atoms with Crippen molar-refractivity contribution in [3.63, 3.8) is 0 Å². The van der Waals surface area contributed by atoms with Gasteiger partial charge < -0.3 is 14.8 Å². The average molecular weight is 287 g/mol. The number of pyridine rings is 1. The van der Waals surface area contributed by atoms with Gasteiger partial charge in [-0.25, -0.2) is 4.98 Å². The highest BCUT2D eigenvalue weighted by Gasteiger charge is 2.33. The molecule has 6 nitrogen and oxygen atoms in total. The first-order valence-corrected chi connectivity index (χ1v) is 7.08. The Morgan fingerprint density at radius 3 is 3.00 bits per heavy atom. The first-order chi connectivity index (χ1) is 10.1. The number of hydrogen-bond donors (Lipinski definition) is 2. The topological polar surface area (TPSA) is 83.7 Å². The van der Waals surface area contributed by atoms with Crippen molar-refractivity contribution in [3.05, 3.63) is 36.3 Å². The van der Waals surface area contributed by atoms with Crippen LogP contribution in [0.2, 0.25) is 0 Å². The molecule has 110 valence electrons. The van der Waals surface area contributed by atoms with Gasteiger partial charge in [-0.1, -0.05) is 12.5 Å². The van der Waals surface area contributed by atoms with E-state index in [-0.39, 0.29) is 18.4 Å². The summed E-state index contributed by atoms with van der Waals surface area (Å²) in [6.45, 7) is 0. The molecule has 0 aliphatic heterocycles. The molecule has 0 bridgehead atoms. The van der Waals surface area contributed by atoms with Crippen molar-refractivity contribution in [2.75, 3.05) is 0 Å². The van der Waals surface area contributed by atoms with Crippen molar-refractivity contribution in [1.82, 2.24) is 14.7 Å². The minimum atomic E-state index is -0.828. The van der Waals surface area contributed by atoms with E-state index in [9.17, 15) is 9.59 Å². The van der Waals surface area contributed by atoms with Gasteiger partial charge >= 0.3 is 5.97 Å². The van der Waals surface area contributed by atoms with Crippen LogP contribution in [0.15, 0.2) is 30.6 Å². The fourth-order valence-electron chi connectivity index (χ4n) is 2.92. The third-order valence-electron chi connectivity index (χ3n) is 3.94. The van der Waals surface area contributed by atoms with Gasteiger partial charge in [-0.15, -0.1) is 0 Å². The summed E-state index contributed by atoms with van der Waals surface area (Å²) in [7, 11) is 0. The number of amides is 1. The molecule has 2 N–H and O–H groups in total. The second kappa shape index (κ2) is 5.55. The van der Waals surface area contributed by atoms with E-state index in [4.69, 9.17) is 5.11 Å². The van der Waals surface area contributed by atoms with Gasteiger partial charge in [0, 0.05) is 18.4 Å². The van der Waals surface area contributed by atoms with Gasteiger partial charge in [0.1, 0.15) is 5.65 Å². The van der Waals surface area contributed by atoms with E-state index in [0.29, 0.717) is 12.1 Å². The molecule has 2 heterocycles. The van der Waals surface area contributed by atoms with Crippen LogP contribution in [-0.4, -0.2) is 32.4 Å². The van der Waals surface area contributed by atoms with E-state index in [2.05, 4.69) is 10.3 Å². The van der Waals surface area contributed by atoms with Crippen molar-refractivity contribution in [2.45, 2.75) is 31.7 Å². The fraction of sp³-hybridized carbons (Fsp3) is 0.400. The molecule has 0 aromatic carbocycles. The number of nitrogens with zero attached hydrogens (tertiary/aromatic N) is 2. The molecule has 0 unspecified atom stereocenters. The highest BCUT2D eigenvalue weighted by Crippen LogP contribution is 2.25. The van der Waals surface area contributed by atoms with E-state index in [1.54, 1.807) is 0 Å². The van der Waals surface area contributed by atoms with E-state index in [1.165, 1.54) is 0 Å². The molecule has 2 atom stereocenters. The zero-order valence-electron chi connectivity index (χ0n) is 11.5. The van der Waals surface area contributed by atoms with Gasteiger partial charge in [0.15, 0.2) is 0 Å². The lowest BCUT2D eigenvalue weighted by molar-refractivity contribution is -0.142. The molecule has 0 radical (unpaired) electrons. The zero-order chi connectivity index (χ0) is 14.8. The molecule has 0 saturated heterocycles. The smallest absolute Gasteiger partial charge is 0.308 e. The molecule has 1 fully saturated rings. The number of aliphatic carboxylic acids is 1. The molecule has 1 aliphatic carbocycles. The minimum Gasteiger partial charge on any atom is -0.481 e. The fourth-order valence-corrected chi connectivity index (χ4v) is 2.92. The van der Waals surface area contributed by atoms with Crippen LogP contribution in [0.4, 0.5) is 0 Å². The Hall–Kier alpha value is -2.37. The van der Waals surface area contributed by atoms with Crippen molar-refractivity contribution in [3.8, 4) is 0 Å². The molecule has 2 aromatic heterocycles. The van der Waals surface area contributed by atoms with Crippen molar-refractivity contribution < 1.29 is 14.7 Å². The Morgan fingerprint density at radius 2 is 2.24 bits per heavy atom. The van der Waals surface area contributed by atoms with E-state index < -0.39 is 11.9 Å². The summed E-state index contributed by atoms with van der Waals surface area (Å²) in [6, 6.07) is 5.40. The summed E-state index contributed by atoms with van der Waals surface area (Å²) in [5.41, 5.74) is 1.48. The molecule has 2 aromatic rings. The van der Waals surface area contributed by atoms with Gasteiger partial charge in [0.2, 0.25) is 5.91 Å². The quantitative estimate of drug-likeness (QED) is 0.886. The zero-order valence-corrected chi connectivity index (χ0v) is 11.5.